The van der Waals surface area contributed by atoms with Crippen molar-refractivity contribution in [3.05, 3.63) is 52.1 Å². The fourth-order valence-electron chi connectivity index (χ4n) is 3.63. The van der Waals surface area contributed by atoms with Gasteiger partial charge in [-0.2, -0.15) is 5.10 Å². The second-order valence-electron chi connectivity index (χ2n) is 6.60. The first kappa shape index (κ1) is 16.3. The average Bonchev–Trinajstić information content (AvgIpc) is 3.31. The van der Waals surface area contributed by atoms with Gasteiger partial charge in [0.05, 0.1) is 17.9 Å². The molecule has 0 saturated carbocycles. The molecule has 0 bridgehead atoms. The Morgan fingerprint density at radius 3 is 3.12 bits per heavy atom. The van der Waals surface area contributed by atoms with Gasteiger partial charge in [-0.15, -0.1) is 11.3 Å². The Kier molecular flexibility index (Phi) is 4.53. The van der Waals surface area contributed by atoms with E-state index in [4.69, 9.17) is 4.98 Å². The van der Waals surface area contributed by atoms with Crippen LogP contribution in [0.25, 0.3) is 5.65 Å². The molecule has 4 rings (SSSR count). The second kappa shape index (κ2) is 6.96. The Labute approximate surface area is 151 Å². The molecule has 1 amide bonds. The van der Waals surface area contributed by atoms with Crippen molar-refractivity contribution in [2.75, 3.05) is 6.54 Å². The maximum Gasteiger partial charge on any atom is 0.223 e. The highest BCUT2D eigenvalue weighted by Gasteiger charge is 2.29. The zero-order chi connectivity index (χ0) is 17.2. The molecule has 25 heavy (non-hydrogen) atoms. The predicted octanol–water partition coefficient (Wildman–Crippen LogP) is 3.79. The Hall–Kier alpha value is -2.21. The van der Waals surface area contributed by atoms with E-state index >= 15 is 0 Å². The van der Waals surface area contributed by atoms with Crippen molar-refractivity contribution < 1.29 is 4.79 Å². The minimum Gasteiger partial charge on any atom is -0.334 e. The highest BCUT2D eigenvalue weighted by Crippen LogP contribution is 2.31. The van der Waals surface area contributed by atoms with Crippen LogP contribution < -0.4 is 0 Å². The van der Waals surface area contributed by atoms with Crippen molar-refractivity contribution >= 4 is 22.9 Å². The Balaban J connectivity index is 1.56. The van der Waals surface area contributed by atoms with Gasteiger partial charge in [0.15, 0.2) is 5.65 Å². The molecule has 4 heterocycles. The minimum absolute atomic E-state index is 0.0863. The number of aromatic nitrogens is 3. The SMILES string of the molecule is Cc1cc([C@H]2CCCCN2C(=O)CCc2cccs2)nc2ccnn12. The predicted molar refractivity (Wildman–Crippen MR) is 98.7 cm³/mol. The molecule has 0 aliphatic carbocycles. The smallest absolute Gasteiger partial charge is 0.223 e. The number of rotatable bonds is 4. The van der Waals surface area contributed by atoms with E-state index < -0.39 is 0 Å². The van der Waals surface area contributed by atoms with Gasteiger partial charge in [-0.05, 0) is 50.1 Å². The Morgan fingerprint density at radius 1 is 1.36 bits per heavy atom. The fourth-order valence-corrected chi connectivity index (χ4v) is 4.34. The van der Waals surface area contributed by atoms with Crippen LogP contribution in [-0.2, 0) is 11.2 Å². The summed E-state index contributed by atoms with van der Waals surface area (Å²) in [5, 5.41) is 6.36. The van der Waals surface area contributed by atoms with Gasteiger partial charge in [0.2, 0.25) is 5.91 Å². The summed E-state index contributed by atoms with van der Waals surface area (Å²) in [6.45, 7) is 2.87. The third-order valence-corrected chi connectivity index (χ3v) is 5.82. The summed E-state index contributed by atoms with van der Waals surface area (Å²) in [7, 11) is 0. The molecule has 3 aromatic rings. The van der Waals surface area contributed by atoms with Crippen LogP contribution in [-0.4, -0.2) is 31.9 Å². The standard InChI is InChI=1S/C19H22N4OS/c1-14-13-16(21-18-9-10-20-23(14)18)17-6-2-3-11-22(17)19(24)8-7-15-5-4-12-25-15/h4-5,9-10,12-13,17H,2-3,6-8,11H2,1H3/t17-/m1/s1. The highest BCUT2D eigenvalue weighted by molar-refractivity contribution is 7.09. The first-order valence-corrected chi connectivity index (χ1v) is 9.73. The third kappa shape index (κ3) is 3.31. The van der Waals surface area contributed by atoms with Crippen molar-refractivity contribution in [2.45, 2.75) is 45.1 Å². The van der Waals surface area contributed by atoms with E-state index in [1.54, 1.807) is 17.5 Å². The number of piperidine rings is 1. The Bertz CT molecular complexity index is 871. The van der Waals surface area contributed by atoms with Crippen molar-refractivity contribution in [2.24, 2.45) is 0 Å². The van der Waals surface area contributed by atoms with Crippen LogP contribution in [0.15, 0.2) is 35.8 Å². The number of fused-ring (bicyclic) bond motifs is 1. The molecule has 5 nitrogen and oxygen atoms in total. The maximum atomic E-state index is 12.9. The quantitative estimate of drug-likeness (QED) is 0.716. The lowest BCUT2D eigenvalue weighted by Crippen LogP contribution is -2.39. The molecular formula is C19H22N4OS. The lowest BCUT2D eigenvalue weighted by atomic mass is 9.98. The largest absolute Gasteiger partial charge is 0.334 e. The molecular weight excluding hydrogens is 332 g/mol. The first-order chi connectivity index (χ1) is 12.2. The molecule has 6 heteroatoms. The number of hydrogen-bond donors (Lipinski definition) is 0. The first-order valence-electron chi connectivity index (χ1n) is 8.85. The number of aryl methyl sites for hydroxylation is 2. The zero-order valence-electron chi connectivity index (χ0n) is 14.4. The second-order valence-corrected chi connectivity index (χ2v) is 7.63. The van der Waals surface area contributed by atoms with Crippen molar-refractivity contribution in [3.8, 4) is 0 Å². The molecule has 0 spiro atoms. The molecule has 0 unspecified atom stereocenters. The molecule has 0 aromatic carbocycles. The van der Waals surface area contributed by atoms with Crippen LogP contribution in [0.1, 0.15) is 48.0 Å². The summed E-state index contributed by atoms with van der Waals surface area (Å²) in [4.78, 5) is 21.0. The fraction of sp³-hybridized carbons (Fsp3) is 0.421. The van der Waals surface area contributed by atoms with E-state index in [2.05, 4.69) is 22.6 Å². The van der Waals surface area contributed by atoms with Gasteiger partial charge in [0.1, 0.15) is 0 Å². The summed E-state index contributed by atoms with van der Waals surface area (Å²) in [5.74, 6) is 0.242. The van der Waals surface area contributed by atoms with Gasteiger partial charge in [-0.1, -0.05) is 6.07 Å². The monoisotopic (exact) mass is 354 g/mol. The van der Waals surface area contributed by atoms with Crippen molar-refractivity contribution in [3.63, 3.8) is 0 Å². The molecule has 1 saturated heterocycles. The normalized spacial score (nSPS) is 18.0. The zero-order valence-corrected chi connectivity index (χ0v) is 15.2. The molecule has 130 valence electrons. The summed E-state index contributed by atoms with van der Waals surface area (Å²) >= 11 is 1.72. The van der Waals surface area contributed by atoms with Crippen LogP contribution >= 0.6 is 11.3 Å². The van der Waals surface area contributed by atoms with E-state index in [0.29, 0.717) is 6.42 Å². The van der Waals surface area contributed by atoms with Gasteiger partial charge in [0, 0.05) is 29.6 Å². The summed E-state index contributed by atoms with van der Waals surface area (Å²) in [6, 6.07) is 8.23. The number of likely N-dealkylation sites (tertiary alicyclic amines) is 1. The molecule has 3 aromatic heterocycles. The Morgan fingerprint density at radius 2 is 2.28 bits per heavy atom. The van der Waals surface area contributed by atoms with E-state index in [1.807, 2.05) is 28.5 Å². The average molecular weight is 354 g/mol. The lowest BCUT2D eigenvalue weighted by molar-refractivity contribution is -0.135. The highest BCUT2D eigenvalue weighted by atomic mass is 32.1. The lowest BCUT2D eigenvalue weighted by Gasteiger charge is -2.35. The van der Waals surface area contributed by atoms with Crippen LogP contribution in [0.3, 0.4) is 0 Å². The summed E-state index contributed by atoms with van der Waals surface area (Å²) in [6.07, 6.45) is 6.38. The molecule has 0 radical (unpaired) electrons. The van der Waals surface area contributed by atoms with Crippen LogP contribution in [0.4, 0.5) is 0 Å². The summed E-state index contributed by atoms with van der Waals surface area (Å²) in [5.41, 5.74) is 2.91. The number of carbonyl (C=O) groups excluding carboxylic acids is 1. The van der Waals surface area contributed by atoms with E-state index in [0.717, 1.165) is 49.3 Å². The molecule has 1 aliphatic rings. The van der Waals surface area contributed by atoms with E-state index in [1.165, 1.54) is 4.88 Å². The molecule has 0 N–H and O–H groups in total. The number of nitrogens with zero attached hydrogens (tertiary/aromatic N) is 4. The van der Waals surface area contributed by atoms with Gasteiger partial charge in [-0.25, -0.2) is 9.50 Å². The molecule has 1 atom stereocenters. The number of amides is 1. The van der Waals surface area contributed by atoms with Crippen LogP contribution in [0, 0.1) is 6.92 Å². The van der Waals surface area contributed by atoms with Gasteiger partial charge < -0.3 is 4.90 Å². The van der Waals surface area contributed by atoms with Crippen LogP contribution in [0.5, 0.6) is 0 Å². The van der Waals surface area contributed by atoms with Gasteiger partial charge in [-0.3, -0.25) is 4.79 Å². The number of thiophene rings is 1. The van der Waals surface area contributed by atoms with E-state index in [9.17, 15) is 4.79 Å². The number of carbonyl (C=O) groups is 1. The topological polar surface area (TPSA) is 50.5 Å². The minimum atomic E-state index is 0.0863. The summed E-state index contributed by atoms with van der Waals surface area (Å²) < 4.78 is 1.84. The van der Waals surface area contributed by atoms with Gasteiger partial charge >= 0.3 is 0 Å². The maximum absolute atomic E-state index is 12.9. The third-order valence-electron chi connectivity index (χ3n) is 4.89. The van der Waals surface area contributed by atoms with E-state index in [-0.39, 0.29) is 11.9 Å². The van der Waals surface area contributed by atoms with Crippen molar-refractivity contribution in [1.82, 2.24) is 19.5 Å². The van der Waals surface area contributed by atoms with Crippen molar-refractivity contribution in [1.29, 1.82) is 0 Å². The molecule has 1 aliphatic heterocycles. The van der Waals surface area contributed by atoms with Gasteiger partial charge in [0.25, 0.3) is 0 Å². The number of hydrogen-bond acceptors (Lipinski definition) is 4. The molecule has 1 fully saturated rings. The van der Waals surface area contributed by atoms with Crippen LogP contribution in [0.2, 0.25) is 0 Å².